The summed E-state index contributed by atoms with van der Waals surface area (Å²) in [7, 11) is 0. The van der Waals surface area contributed by atoms with E-state index in [2.05, 4.69) is 10.6 Å². The molecule has 2 amide bonds. The lowest BCUT2D eigenvalue weighted by atomic mass is 10.2. The first-order chi connectivity index (χ1) is 9.25. The molecule has 0 aromatic heterocycles. The van der Waals surface area contributed by atoms with E-state index in [0.717, 1.165) is 0 Å². The van der Waals surface area contributed by atoms with Crippen molar-refractivity contribution in [2.24, 2.45) is 0 Å². The Morgan fingerprint density at radius 3 is 2.60 bits per heavy atom. The number of aromatic carboxylic acids is 1. The quantitative estimate of drug-likeness (QED) is 0.778. The van der Waals surface area contributed by atoms with Gasteiger partial charge in [-0.15, -0.1) is 0 Å². The molecule has 0 saturated heterocycles. The first-order valence-electron chi connectivity index (χ1n) is 5.88. The third kappa shape index (κ3) is 4.94. The molecule has 1 aromatic rings. The number of carbonyl (C=O) groups is 2. The maximum atomic E-state index is 11.8. The highest BCUT2D eigenvalue weighted by molar-refractivity contribution is 7.99. The zero-order valence-electron chi connectivity index (χ0n) is 11.5. The molecule has 0 aliphatic heterocycles. The summed E-state index contributed by atoms with van der Waals surface area (Å²) in [6.07, 6.45) is 1.96. The molecule has 7 heteroatoms. The van der Waals surface area contributed by atoms with Crippen LogP contribution in [0.2, 0.25) is 5.02 Å². The van der Waals surface area contributed by atoms with E-state index in [1.54, 1.807) is 11.8 Å². The minimum atomic E-state index is -1.12. The lowest BCUT2D eigenvalue weighted by Crippen LogP contribution is -2.38. The molecule has 0 fully saturated rings. The maximum absolute atomic E-state index is 11.8. The number of carboxylic acid groups (broad SMARTS) is 1. The van der Waals surface area contributed by atoms with Gasteiger partial charge in [0, 0.05) is 16.3 Å². The van der Waals surface area contributed by atoms with Crippen LogP contribution in [-0.4, -0.2) is 34.7 Å². The molecule has 0 unspecified atom stereocenters. The van der Waals surface area contributed by atoms with E-state index >= 15 is 0 Å². The normalized spacial score (nSPS) is 11.0. The van der Waals surface area contributed by atoms with E-state index in [-0.39, 0.29) is 16.0 Å². The van der Waals surface area contributed by atoms with Gasteiger partial charge in [-0.05, 0) is 38.3 Å². The van der Waals surface area contributed by atoms with E-state index in [1.165, 1.54) is 18.2 Å². The lowest BCUT2D eigenvalue weighted by molar-refractivity contribution is 0.0698. The van der Waals surface area contributed by atoms with Crippen LogP contribution in [0.4, 0.5) is 10.5 Å². The molecule has 1 aromatic carbocycles. The van der Waals surface area contributed by atoms with Crippen LogP contribution >= 0.6 is 23.4 Å². The number of urea groups is 1. The van der Waals surface area contributed by atoms with E-state index in [1.807, 2.05) is 20.1 Å². The van der Waals surface area contributed by atoms with Crippen LogP contribution < -0.4 is 10.6 Å². The Labute approximate surface area is 127 Å². The van der Waals surface area contributed by atoms with E-state index in [4.69, 9.17) is 16.7 Å². The van der Waals surface area contributed by atoms with Crippen LogP contribution in [0.25, 0.3) is 0 Å². The second-order valence-corrected chi connectivity index (χ2v) is 6.72. The molecule has 0 radical (unpaired) electrons. The van der Waals surface area contributed by atoms with Gasteiger partial charge in [-0.1, -0.05) is 11.6 Å². The zero-order valence-corrected chi connectivity index (χ0v) is 13.1. The van der Waals surface area contributed by atoms with Gasteiger partial charge >= 0.3 is 12.0 Å². The van der Waals surface area contributed by atoms with Crippen molar-refractivity contribution >= 4 is 41.1 Å². The second-order valence-electron chi connectivity index (χ2n) is 4.77. The van der Waals surface area contributed by atoms with Crippen molar-refractivity contribution in [1.29, 1.82) is 0 Å². The average Bonchev–Trinajstić information content (AvgIpc) is 2.36. The molecule has 110 valence electrons. The van der Waals surface area contributed by atoms with Gasteiger partial charge in [-0.3, -0.25) is 0 Å². The largest absolute Gasteiger partial charge is 0.478 e. The average molecular weight is 317 g/mol. The van der Waals surface area contributed by atoms with Crippen LogP contribution in [0.15, 0.2) is 18.2 Å². The third-order valence-electron chi connectivity index (χ3n) is 2.69. The van der Waals surface area contributed by atoms with Gasteiger partial charge in [0.05, 0.1) is 11.3 Å². The Balaban J connectivity index is 2.75. The molecule has 1 rings (SSSR count). The Morgan fingerprint density at radius 1 is 1.40 bits per heavy atom. The fraction of sp³-hybridized carbons (Fsp3) is 0.385. The topological polar surface area (TPSA) is 78.4 Å². The molecule has 0 aliphatic carbocycles. The second kappa shape index (κ2) is 6.85. The van der Waals surface area contributed by atoms with Crippen molar-refractivity contribution in [1.82, 2.24) is 5.32 Å². The molecule has 0 heterocycles. The summed E-state index contributed by atoms with van der Waals surface area (Å²) in [6.45, 7) is 4.46. The molecule has 0 atom stereocenters. The van der Waals surface area contributed by atoms with Crippen LogP contribution in [0, 0.1) is 0 Å². The van der Waals surface area contributed by atoms with Crippen LogP contribution in [0.1, 0.15) is 24.2 Å². The van der Waals surface area contributed by atoms with Crippen molar-refractivity contribution in [2.45, 2.75) is 18.6 Å². The van der Waals surface area contributed by atoms with E-state index in [9.17, 15) is 9.59 Å². The molecule has 0 spiro atoms. The van der Waals surface area contributed by atoms with E-state index < -0.39 is 12.0 Å². The van der Waals surface area contributed by atoms with Gasteiger partial charge in [0.25, 0.3) is 0 Å². The molecule has 20 heavy (non-hydrogen) atoms. The summed E-state index contributed by atoms with van der Waals surface area (Å²) in [5.41, 5.74) is 0.165. The van der Waals surface area contributed by atoms with Gasteiger partial charge in [0.1, 0.15) is 0 Å². The van der Waals surface area contributed by atoms with Crippen LogP contribution in [0.3, 0.4) is 0 Å². The summed E-state index contributed by atoms with van der Waals surface area (Å²) in [5, 5.41) is 14.6. The van der Waals surface area contributed by atoms with Gasteiger partial charge in [-0.2, -0.15) is 11.8 Å². The number of halogens is 1. The van der Waals surface area contributed by atoms with Gasteiger partial charge in [0.15, 0.2) is 0 Å². The van der Waals surface area contributed by atoms with Gasteiger partial charge < -0.3 is 15.7 Å². The van der Waals surface area contributed by atoms with Crippen LogP contribution in [-0.2, 0) is 0 Å². The number of anilines is 1. The Kier molecular flexibility index (Phi) is 5.71. The third-order valence-corrected chi connectivity index (χ3v) is 4.17. The number of amides is 2. The van der Waals surface area contributed by atoms with Crippen molar-refractivity contribution in [2.75, 3.05) is 18.1 Å². The molecule has 3 N–H and O–H groups in total. The molecule has 0 bridgehead atoms. The monoisotopic (exact) mass is 316 g/mol. The summed E-state index contributed by atoms with van der Waals surface area (Å²) in [5.74, 6) is -1.12. The predicted octanol–water partition coefficient (Wildman–Crippen LogP) is 3.30. The number of hydrogen-bond donors (Lipinski definition) is 3. The Hall–Kier alpha value is -1.40. The number of carbonyl (C=O) groups excluding carboxylic acids is 1. The number of rotatable bonds is 5. The maximum Gasteiger partial charge on any atom is 0.337 e. The standard InChI is InChI=1S/C13H17ClN2O3S/c1-13(2,20-3)7-15-12(19)16-10-6-8(14)4-5-9(10)11(17)18/h4-6H,7H2,1-3H3,(H,17,18)(H2,15,16,19). The van der Waals surface area contributed by atoms with Crippen molar-refractivity contribution in [3.63, 3.8) is 0 Å². The Morgan fingerprint density at radius 2 is 2.05 bits per heavy atom. The fourth-order valence-corrected chi connectivity index (χ4v) is 1.73. The molecule has 0 aliphatic rings. The summed E-state index contributed by atoms with van der Waals surface area (Å²) < 4.78 is -0.0959. The number of benzene rings is 1. The first kappa shape index (κ1) is 16.7. The fourth-order valence-electron chi connectivity index (χ4n) is 1.34. The minimum absolute atomic E-state index is 0.00585. The van der Waals surface area contributed by atoms with Gasteiger partial charge in [0.2, 0.25) is 0 Å². The minimum Gasteiger partial charge on any atom is -0.478 e. The summed E-state index contributed by atoms with van der Waals surface area (Å²) in [6, 6.07) is 3.76. The van der Waals surface area contributed by atoms with Gasteiger partial charge in [-0.25, -0.2) is 9.59 Å². The van der Waals surface area contributed by atoms with Crippen LogP contribution in [0.5, 0.6) is 0 Å². The number of carboxylic acids is 1. The van der Waals surface area contributed by atoms with E-state index in [0.29, 0.717) is 11.6 Å². The van der Waals surface area contributed by atoms with Crippen molar-refractivity contribution in [3.05, 3.63) is 28.8 Å². The smallest absolute Gasteiger partial charge is 0.337 e. The predicted molar refractivity (Wildman–Crippen MR) is 83.0 cm³/mol. The van der Waals surface area contributed by atoms with Crippen molar-refractivity contribution < 1.29 is 14.7 Å². The highest BCUT2D eigenvalue weighted by Gasteiger charge is 2.18. The zero-order chi connectivity index (χ0) is 15.3. The Bertz CT molecular complexity index is 520. The first-order valence-corrected chi connectivity index (χ1v) is 7.48. The number of nitrogens with one attached hydrogen (secondary N) is 2. The highest BCUT2D eigenvalue weighted by atomic mass is 35.5. The molecular weight excluding hydrogens is 300 g/mol. The summed E-state index contributed by atoms with van der Waals surface area (Å²) in [4.78, 5) is 22.9. The molecular formula is C13H17ClN2O3S. The van der Waals surface area contributed by atoms with Crippen molar-refractivity contribution in [3.8, 4) is 0 Å². The molecule has 0 saturated carbocycles. The lowest BCUT2D eigenvalue weighted by Gasteiger charge is -2.22. The highest BCUT2D eigenvalue weighted by Crippen LogP contribution is 2.22. The SMILES string of the molecule is CSC(C)(C)CNC(=O)Nc1cc(Cl)ccc1C(=O)O. The molecule has 5 nitrogen and oxygen atoms in total. The summed E-state index contributed by atoms with van der Waals surface area (Å²) >= 11 is 7.44. The number of hydrogen-bond acceptors (Lipinski definition) is 3. The number of thioether (sulfide) groups is 1.